The van der Waals surface area contributed by atoms with Crippen molar-refractivity contribution in [2.24, 2.45) is 0 Å². The average molecular weight is 412 g/mol. The van der Waals surface area contributed by atoms with Gasteiger partial charge in [0, 0.05) is 23.1 Å². The predicted octanol–water partition coefficient (Wildman–Crippen LogP) is 3.48. The van der Waals surface area contributed by atoms with Crippen molar-refractivity contribution in [3.05, 3.63) is 69.6 Å². The molecular weight excluding hydrogens is 396 g/mol. The normalized spacial score (nSPS) is 11.5. The Bertz CT molecular complexity index is 1070. The van der Waals surface area contributed by atoms with Gasteiger partial charge < -0.3 is 10.5 Å². The molecule has 1 amide bonds. The molecular formula is C19H16N4O5S. The van der Waals surface area contributed by atoms with E-state index in [4.69, 9.17) is 10.5 Å². The summed E-state index contributed by atoms with van der Waals surface area (Å²) in [6.45, 7) is 1.40. The molecule has 1 atom stereocenters. The van der Waals surface area contributed by atoms with E-state index >= 15 is 0 Å². The standard InChI is InChI=1S/C19H16N4O5S/c1-11(28-18(25)14-8-7-13(23(26)27)9-15(14)20)17(24)22-19-21-16(10-29-19)12-5-3-2-4-6-12/h2-11H,20H2,1H3,(H,21,22,24)/t11-/m1/s1. The van der Waals surface area contributed by atoms with Crippen molar-refractivity contribution in [2.45, 2.75) is 13.0 Å². The number of carbonyl (C=O) groups excluding carboxylic acids is 2. The van der Waals surface area contributed by atoms with Gasteiger partial charge in [-0.25, -0.2) is 9.78 Å². The Morgan fingerprint density at radius 2 is 1.97 bits per heavy atom. The molecule has 3 aromatic rings. The van der Waals surface area contributed by atoms with E-state index in [0.29, 0.717) is 10.8 Å². The van der Waals surface area contributed by atoms with E-state index in [1.54, 1.807) is 5.38 Å². The van der Waals surface area contributed by atoms with Crippen LogP contribution in [0.5, 0.6) is 0 Å². The van der Waals surface area contributed by atoms with Crippen LogP contribution in [0.25, 0.3) is 11.3 Å². The van der Waals surface area contributed by atoms with Crippen LogP contribution >= 0.6 is 11.3 Å². The summed E-state index contributed by atoms with van der Waals surface area (Å²) in [6, 6.07) is 12.9. The number of nitrogens with two attached hydrogens (primary N) is 1. The van der Waals surface area contributed by atoms with Gasteiger partial charge in [-0.15, -0.1) is 11.3 Å². The second-order valence-corrected chi connectivity index (χ2v) is 6.83. The zero-order valence-corrected chi connectivity index (χ0v) is 16.0. The van der Waals surface area contributed by atoms with E-state index in [2.05, 4.69) is 10.3 Å². The second-order valence-electron chi connectivity index (χ2n) is 5.97. The van der Waals surface area contributed by atoms with Gasteiger partial charge in [0.25, 0.3) is 11.6 Å². The van der Waals surface area contributed by atoms with Gasteiger partial charge in [0.2, 0.25) is 0 Å². The summed E-state index contributed by atoms with van der Waals surface area (Å²) in [5, 5.41) is 15.5. The van der Waals surface area contributed by atoms with Crippen molar-refractivity contribution < 1.29 is 19.2 Å². The van der Waals surface area contributed by atoms with Crippen LogP contribution in [0, 0.1) is 10.1 Å². The molecule has 1 aromatic heterocycles. The second kappa shape index (κ2) is 8.48. The van der Waals surface area contributed by atoms with Crippen LogP contribution in [-0.2, 0) is 9.53 Å². The summed E-state index contributed by atoms with van der Waals surface area (Å²) in [7, 11) is 0. The van der Waals surface area contributed by atoms with Crippen LogP contribution in [0.4, 0.5) is 16.5 Å². The largest absolute Gasteiger partial charge is 0.449 e. The zero-order chi connectivity index (χ0) is 21.0. The minimum Gasteiger partial charge on any atom is -0.449 e. The van der Waals surface area contributed by atoms with Crippen LogP contribution in [0.3, 0.4) is 0 Å². The van der Waals surface area contributed by atoms with Crippen LogP contribution in [0.2, 0.25) is 0 Å². The first-order valence-corrected chi connectivity index (χ1v) is 9.30. The van der Waals surface area contributed by atoms with Crippen molar-refractivity contribution in [1.82, 2.24) is 4.98 Å². The molecule has 0 radical (unpaired) electrons. The molecule has 0 spiro atoms. The number of hydrogen-bond acceptors (Lipinski definition) is 8. The molecule has 148 valence electrons. The third-order valence-electron chi connectivity index (χ3n) is 3.92. The summed E-state index contributed by atoms with van der Waals surface area (Å²) in [5.74, 6) is -1.42. The number of benzene rings is 2. The quantitative estimate of drug-likeness (QED) is 0.273. The molecule has 1 heterocycles. The average Bonchev–Trinajstić information content (AvgIpc) is 3.16. The number of rotatable bonds is 6. The molecule has 0 fully saturated rings. The van der Waals surface area contributed by atoms with Crippen LogP contribution in [0.15, 0.2) is 53.9 Å². The number of ether oxygens (including phenoxy) is 1. The molecule has 0 aliphatic carbocycles. The van der Waals surface area contributed by atoms with Gasteiger partial charge in [0.15, 0.2) is 11.2 Å². The number of nitrogen functional groups attached to an aromatic ring is 1. The van der Waals surface area contributed by atoms with Crippen molar-refractivity contribution >= 4 is 39.7 Å². The number of hydrogen-bond donors (Lipinski definition) is 2. The van der Waals surface area contributed by atoms with Crippen molar-refractivity contribution in [3.63, 3.8) is 0 Å². The number of nitro groups is 1. The Morgan fingerprint density at radius 3 is 2.62 bits per heavy atom. The monoisotopic (exact) mass is 412 g/mol. The van der Waals surface area contributed by atoms with Gasteiger partial charge in [0.05, 0.1) is 21.9 Å². The molecule has 0 bridgehead atoms. The number of esters is 1. The van der Waals surface area contributed by atoms with Gasteiger partial charge in [0.1, 0.15) is 0 Å². The summed E-state index contributed by atoms with van der Waals surface area (Å²) >= 11 is 1.24. The van der Waals surface area contributed by atoms with E-state index < -0.39 is 22.9 Å². The number of aromatic nitrogens is 1. The van der Waals surface area contributed by atoms with Crippen molar-refractivity contribution in [1.29, 1.82) is 0 Å². The fourth-order valence-corrected chi connectivity index (χ4v) is 3.13. The lowest BCUT2D eigenvalue weighted by atomic mass is 10.1. The van der Waals surface area contributed by atoms with Gasteiger partial charge in [-0.2, -0.15) is 0 Å². The van der Waals surface area contributed by atoms with E-state index in [0.717, 1.165) is 17.7 Å². The number of nitrogens with one attached hydrogen (secondary N) is 1. The first-order chi connectivity index (χ1) is 13.8. The predicted molar refractivity (Wildman–Crippen MR) is 109 cm³/mol. The Balaban J connectivity index is 1.63. The first kappa shape index (κ1) is 20.0. The van der Waals surface area contributed by atoms with E-state index in [9.17, 15) is 19.7 Å². The molecule has 9 nitrogen and oxygen atoms in total. The number of carbonyl (C=O) groups is 2. The highest BCUT2D eigenvalue weighted by Crippen LogP contribution is 2.25. The Labute approximate surface area is 169 Å². The summed E-state index contributed by atoms with van der Waals surface area (Å²) in [4.78, 5) is 39.0. The number of nitrogens with zero attached hydrogens (tertiary/aromatic N) is 2. The van der Waals surface area contributed by atoms with Gasteiger partial charge >= 0.3 is 5.97 Å². The Kier molecular flexibility index (Phi) is 5.84. The topological polar surface area (TPSA) is 137 Å². The molecule has 0 saturated carbocycles. The Morgan fingerprint density at radius 1 is 1.24 bits per heavy atom. The maximum Gasteiger partial charge on any atom is 0.341 e. The summed E-state index contributed by atoms with van der Waals surface area (Å²) < 4.78 is 5.12. The molecule has 0 unspecified atom stereocenters. The highest BCUT2D eigenvalue weighted by Gasteiger charge is 2.22. The molecule has 2 aromatic carbocycles. The molecule has 0 aliphatic rings. The third kappa shape index (κ3) is 4.74. The number of nitro benzene ring substituents is 1. The highest BCUT2D eigenvalue weighted by atomic mass is 32.1. The van der Waals surface area contributed by atoms with E-state index in [-0.39, 0.29) is 16.9 Å². The first-order valence-electron chi connectivity index (χ1n) is 8.42. The minimum atomic E-state index is -1.12. The Hall–Kier alpha value is -3.79. The van der Waals surface area contributed by atoms with Crippen molar-refractivity contribution in [3.8, 4) is 11.3 Å². The van der Waals surface area contributed by atoms with E-state index in [1.807, 2.05) is 30.3 Å². The molecule has 0 aliphatic heterocycles. The highest BCUT2D eigenvalue weighted by molar-refractivity contribution is 7.14. The number of amides is 1. The maximum absolute atomic E-state index is 12.3. The molecule has 3 N–H and O–H groups in total. The van der Waals surface area contributed by atoms with E-state index in [1.165, 1.54) is 24.3 Å². The van der Waals surface area contributed by atoms with Gasteiger partial charge in [-0.1, -0.05) is 30.3 Å². The van der Waals surface area contributed by atoms with Crippen LogP contribution < -0.4 is 11.1 Å². The minimum absolute atomic E-state index is 0.0594. The van der Waals surface area contributed by atoms with Gasteiger partial charge in [-0.05, 0) is 13.0 Å². The van der Waals surface area contributed by atoms with Gasteiger partial charge in [-0.3, -0.25) is 20.2 Å². The lowest BCUT2D eigenvalue weighted by Crippen LogP contribution is -2.30. The number of non-ortho nitro benzene ring substituents is 1. The summed E-state index contributed by atoms with van der Waals surface area (Å²) in [6.07, 6.45) is -1.12. The fraction of sp³-hybridized carbons (Fsp3) is 0.105. The fourth-order valence-electron chi connectivity index (χ4n) is 2.41. The zero-order valence-electron chi connectivity index (χ0n) is 15.2. The lowest BCUT2D eigenvalue weighted by Gasteiger charge is -2.13. The van der Waals surface area contributed by atoms with Crippen LogP contribution in [-0.4, -0.2) is 27.9 Å². The molecule has 0 saturated heterocycles. The molecule has 3 rings (SSSR count). The third-order valence-corrected chi connectivity index (χ3v) is 4.68. The maximum atomic E-state index is 12.3. The molecule has 10 heteroatoms. The number of anilines is 2. The molecule has 29 heavy (non-hydrogen) atoms. The lowest BCUT2D eigenvalue weighted by molar-refractivity contribution is -0.384. The van der Waals surface area contributed by atoms with Crippen LogP contribution in [0.1, 0.15) is 17.3 Å². The van der Waals surface area contributed by atoms with Crippen molar-refractivity contribution in [2.75, 3.05) is 11.1 Å². The smallest absolute Gasteiger partial charge is 0.341 e. The summed E-state index contributed by atoms with van der Waals surface area (Å²) in [5.41, 5.74) is 6.90. The number of thiazole rings is 1. The SMILES string of the molecule is C[C@@H](OC(=O)c1ccc([N+](=O)[O-])cc1N)C(=O)Nc1nc(-c2ccccc2)cs1.